The molecule has 0 unspecified atom stereocenters. The molecule has 0 spiro atoms. The van der Waals surface area contributed by atoms with Crippen molar-refractivity contribution in [1.29, 1.82) is 0 Å². The van der Waals surface area contributed by atoms with E-state index in [-0.39, 0.29) is 4.90 Å². The van der Waals surface area contributed by atoms with Crippen LogP contribution < -0.4 is 0 Å². The molecule has 92 valence electrons. The van der Waals surface area contributed by atoms with Crippen molar-refractivity contribution >= 4 is 26.0 Å². The lowest BCUT2D eigenvalue weighted by molar-refractivity contribution is 0.579. The highest BCUT2D eigenvalue weighted by Gasteiger charge is 2.23. The Balaban J connectivity index is 2.55. The van der Waals surface area contributed by atoms with E-state index in [0.717, 1.165) is 4.09 Å². The van der Waals surface area contributed by atoms with Gasteiger partial charge in [-0.2, -0.15) is 22.7 Å². The van der Waals surface area contributed by atoms with E-state index >= 15 is 0 Å². The fourth-order valence-electron chi connectivity index (χ4n) is 1.43. The first-order chi connectivity index (χ1) is 7.95. The number of aryl methyl sites for hydroxylation is 2. The molecule has 0 fully saturated rings. The van der Waals surface area contributed by atoms with E-state index in [9.17, 15) is 8.42 Å². The van der Waals surface area contributed by atoms with Gasteiger partial charge in [-0.25, -0.2) is 0 Å². The first kappa shape index (κ1) is 12.3. The number of halogens is 1. The first-order valence-corrected chi connectivity index (χ1v) is 7.18. The maximum Gasteiger partial charge on any atom is 0.286 e. The van der Waals surface area contributed by atoms with Gasteiger partial charge in [-0.15, -0.1) is 0 Å². The van der Waals surface area contributed by atoms with Crippen LogP contribution in [0.2, 0.25) is 0 Å². The summed E-state index contributed by atoms with van der Waals surface area (Å²) in [6.45, 7) is 4.18. The molecule has 0 bridgehead atoms. The fourth-order valence-corrected chi connectivity index (χ4v) is 3.15. The van der Waals surface area contributed by atoms with Crippen LogP contribution in [0.25, 0.3) is 0 Å². The smallest absolute Gasteiger partial charge is 0.271 e. The van der Waals surface area contributed by atoms with Crippen LogP contribution in [-0.2, 0) is 16.6 Å². The molecule has 0 aromatic carbocycles. The summed E-state index contributed by atoms with van der Waals surface area (Å²) >= 11 is 3.17. The Labute approximate surface area is 107 Å². The average Bonchev–Trinajstić information content (AvgIpc) is 2.85. The molecule has 17 heavy (non-hydrogen) atoms. The highest BCUT2D eigenvalue weighted by Crippen LogP contribution is 2.18. The largest absolute Gasteiger partial charge is 0.286 e. The van der Waals surface area contributed by atoms with Crippen molar-refractivity contribution in [2.45, 2.75) is 25.3 Å². The van der Waals surface area contributed by atoms with Crippen molar-refractivity contribution in [3.8, 4) is 0 Å². The predicted octanol–water partition coefficient (Wildman–Crippen LogP) is 1.41. The second kappa shape index (κ2) is 4.26. The van der Waals surface area contributed by atoms with Crippen molar-refractivity contribution in [3.05, 3.63) is 28.8 Å². The fraction of sp³-hybridized carbons (Fsp3) is 0.333. The Morgan fingerprint density at radius 1 is 1.41 bits per heavy atom. The summed E-state index contributed by atoms with van der Waals surface area (Å²) in [7, 11) is -3.65. The van der Waals surface area contributed by atoms with Crippen LogP contribution in [-0.4, -0.2) is 27.4 Å². The van der Waals surface area contributed by atoms with Gasteiger partial charge in [0, 0.05) is 12.7 Å². The molecule has 2 rings (SSSR count). The molecule has 0 N–H and O–H groups in total. The predicted molar refractivity (Wildman–Crippen MR) is 65.1 cm³/mol. The van der Waals surface area contributed by atoms with Crippen molar-refractivity contribution in [1.82, 2.24) is 19.0 Å². The number of nitrogens with zero attached hydrogens (tertiary/aromatic N) is 4. The van der Waals surface area contributed by atoms with Crippen molar-refractivity contribution in [2.75, 3.05) is 0 Å². The third kappa shape index (κ3) is 2.14. The summed E-state index contributed by atoms with van der Waals surface area (Å²) in [4.78, 5) is 0.176. The Morgan fingerprint density at radius 3 is 2.59 bits per heavy atom. The molecule has 8 heteroatoms. The normalized spacial score (nSPS) is 11.9. The molecular weight excluding hydrogens is 308 g/mol. The number of aromatic nitrogens is 4. The van der Waals surface area contributed by atoms with Crippen LogP contribution in [0.5, 0.6) is 0 Å². The summed E-state index contributed by atoms with van der Waals surface area (Å²) in [5, 5.41) is 7.90. The van der Waals surface area contributed by atoms with Crippen LogP contribution in [0.1, 0.15) is 12.6 Å². The zero-order chi connectivity index (χ0) is 12.6. The van der Waals surface area contributed by atoms with Gasteiger partial charge in [0.2, 0.25) is 0 Å². The number of rotatable bonds is 3. The van der Waals surface area contributed by atoms with Crippen molar-refractivity contribution in [3.63, 3.8) is 0 Å². The first-order valence-electron chi connectivity index (χ1n) is 4.95. The minimum Gasteiger partial charge on any atom is -0.271 e. The third-order valence-corrected chi connectivity index (χ3v) is 4.34. The molecule has 0 aliphatic rings. The molecule has 0 saturated heterocycles. The molecule has 0 aliphatic carbocycles. The molecular formula is C9H11BrN4O2S. The van der Waals surface area contributed by atoms with Gasteiger partial charge in [-0.1, -0.05) is 0 Å². The summed E-state index contributed by atoms with van der Waals surface area (Å²) < 4.78 is 27.6. The van der Waals surface area contributed by atoms with Crippen LogP contribution in [0.3, 0.4) is 0 Å². The molecule has 0 atom stereocenters. The highest BCUT2D eigenvalue weighted by molar-refractivity contribution is 9.10. The summed E-state index contributed by atoms with van der Waals surface area (Å²) in [5.74, 6) is 0. The molecule has 0 aliphatic heterocycles. The van der Waals surface area contributed by atoms with E-state index in [4.69, 9.17) is 0 Å². The van der Waals surface area contributed by atoms with Crippen LogP contribution >= 0.6 is 15.9 Å². The molecule has 0 amide bonds. The number of hydrogen-bond donors (Lipinski definition) is 0. The molecule has 2 aromatic heterocycles. The highest BCUT2D eigenvalue weighted by atomic mass is 79.9. The van der Waals surface area contributed by atoms with Crippen molar-refractivity contribution < 1.29 is 8.42 Å². The molecule has 2 heterocycles. The van der Waals surface area contributed by atoms with Gasteiger partial charge in [0.15, 0.2) is 0 Å². The second-order valence-electron chi connectivity index (χ2n) is 3.47. The number of hydrogen-bond acceptors (Lipinski definition) is 4. The zero-order valence-corrected chi connectivity index (χ0v) is 11.7. The SMILES string of the molecule is CCn1cc(S(=O)(=O)n2cc(Br)cn2)c(C)n1. The van der Waals surface area contributed by atoms with Gasteiger partial charge < -0.3 is 0 Å². The van der Waals surface area contributed by atoms with E-state index < -0.39 is 10.0 Å². The van der Waals surface area contributed by atoms with Gasteiger partial charge in [0.05, 0.1) is 22.6 Å². The Kier molecular flexibility index (Phi) is 3.09. The standard InChI is InChI=1S/C9H11BrN4O2S/c1-3-13-6-9(7(2)12-13)17(15,16)14-5-8(10)4-11-14/h4-6H,3H2,1-2H3. The van der Waals surface area contributed by atoms with Gasteiger partial charge in [0.25, 0.3) is 10.0 Å². The molecule has 0 radical (unpaired) electrons. The average molecular weight is 319 g/mol. The lowest BCUT2D eigenvalue weighted by atomic mass is 10.5. The van der Waals surface area contributed by atoms with Crippen LogP contribution in [0.4, 0.5) is 0 Å². The van der Waals surface area contributed by atoms with Gasteiger partial charge >= 0.3 is 0 Å². The zero-order valence-electron chi connectivity index (χ0n) is 9.33. The van der Waals surface area contributed by atoms with Gasteiger partial charge in [0.1, 0.15) is 4.90 Å². The summed E-state index contributed by atoms with van der Waals surface area (Å²) in [6, 6.07) is 0. The molecule has 0 saturated carbocycles. The van der Waals surface area contributed by atoms with Crippen LogP contribution in [0.15, 0.2) is 28.0 Å². The van der Waals surface area contributed by atoms with Crippen molar-refractivity contribution in [2.24, 2.45) is 0 Å². The Hall–Kier alpha value is -1.15. The molecule has 2 aromatic rings. The minimum atomic E-state index is -3.65. The summed E-state index contributed by atoms with van der Waals surface area (Å²) in [5.41, 5.74) is 0.471. The van der Waals surface area contributed by atoms with E-state index in [1.165, 1.54) is 18.6 Å². The quantitative estimate of drug-likeness (QED) is 0.858. The van der Waals surface area contributed by atoms with E-state index in [1.807, 2.05) is 6.92 Å². The topological polar surface area (TPSA) is 69.8 Å². The Bertz CT molecular complexity index is 644. The third-order valence-electron chi connectivity index (χ3n) is 2.28. The van der Waals surface area contributed by atoms with Gasteiger partial charge in [-0.05, 0) is 29.8 Å². The lowest BCUT2D eigenvalue weighted by Crippen LogP contribution is -2.13. The summed E-state index contributed by atoms with van der Waals surface area (Å²) in [6.07, 6.45) is 4.34. The van der Waals surface area contributed by atoms with E-state index in [1.54, 1.807) is 11.6 Å². The Morgan fingerprint density at radius 2 is 2.12 bits per heavy atom. The second-order valence-corrected chi connectivity index (χ2v) is 6.15. The monoisotopic (exact) mass is 318 g/mol. The van der Waals surface area contributed by atoms with E-state index in [0.29, 0.717) is 16.7 Å². The molecule has 6 nitrogen and oxygen atoms in total. The van der Waals surface area contributed by atoms with Crippen LogP contribution in [0, 0.1) is 6.92 Å². The maximum absolute atomic E-state index is 12.2. The van der Waals surface area contributed by atoms with Gasteiger partial charge in [-0.3, -0.25) is 4.68 Å². The lowest BCUT2D eigenvalue weighted by Gasteiger charge is -2.01. The van der Waals surface area contributed by atoms with E-state index in [2.05, 4.69) is 26.1 Å². The minimum absolute atomic E-state index is 0.176. The maximum atomic E-state index is 12.2.